The number of amides is 1. The lowest BCUT2D eigenvalue weighted by Gasteiger charge is -2.34. The van der Waals surface area contributed by atoms with Crippen molar-refractivity contribution >= 4 is 5.91 Å². The molecule has 138 valence electrons. The summed E-state index contributed by atoms with van der Waals surface area (Å²) in [5.41, 5.74) is 2.65. The Morgan fingerprint density at radius 2 is 1.77 bits per heavy atom. The third-order valence-corrected chi connectivity index (χ3v) is 5.68. The van der Waals surface area contributed by atoms with Gasteiger partial charge in [-0.1, -0.05) is 24.3 Å². The summed E-state index contributed by atoms with van der Waals surface area (Å²) in [5, 5.41) is 4.33. The second-order valence-electron chi connectivity index (χ2n) is 7.58. The first kappa shape index (κ1) is 17.3. The van der Waals surface area contributed by atoms with Crippen LogP contribution >= 0.6 is 0 Å². The van der Waals surface area contributed by atoms with Gasteiger partial charge >= 0.3 is 0 Å². The standard InChI is InChI=1S/C21H28N4O/c26-21(24-12-3-4-13-24)20-9-5-11-23(16-20)15-18-7-1-2-8-19(18)17-25-14-6-10-22-25/h1-2,6-8,10,14,20H,3-5,9,11-13,15-17H2/t20-/m0/s1. The molecule has 1 aromatic carbocycles. The quantitative estimate of drug-likeness (QED) is 0.831. The third-order valence-electron chi connectivity index (χ3n) is 5.68. The van der Waals surface area contributed by atoms with E-state index in [1.807, 2.05) is 23.1 Å². The van der Waals surface area contributed by atoms with E-state index < -0.39 is 0 Å². The Morgan fingerprint density at radius 1 is 1.00 bits per heavy atom. The molecule has 4 rings (SSSR count). The molecule has 1 aromatic heterocycles. The summed E-state index contributed by atoms with van der Waals surface area (Å²) in [6.07, 6.45) is 8.32. The highest BCUT2D eigenvalue weighted by Gasteiger charge is 2.30. The molecule has 0 bridgehead atoms. The highest BCUT2D eigenvalue weighted by molar-refractivity contribution is 5.79. The Morgan fingerprint density at radius 3 is 2.50 bits per heavy atom. The second-order valence-corrected chi connectivity index (χ2v) is 7.58. The van der Waals surface area contributed by atoms with Gasteiger partial charge in [-0.05, 0) is 49.4 Å². The summed E-state index contributed by atoms with van der Waals surface area (Å²) >= 11 is 0. The zero-order valence-electron chi connectivity index (χ0n) is 15.4. The lowest BCUT2D eigenvalue weighted by Crippen LogP contribution is -2.43. The van der Waals surface area contributed by atoms with Gasteiger partial charge in [0.1, 0.15) is 0 Å². The maximum absolute atomic E-state index is 12.8. The van der Waals surface area contributed by atoms with Crippen LogP contribution in [-0.4, -0.2) is 51.7 Å². The monoisotopic (exact) mass is 352 g/mol. The maximum Gasteiger partial charge on any atom is 0.226 e. The summed E-state index contributed by atoms with van der Waals surface area (Å²) in [4.78, 5) is 17.3. The van der Waals surface area contributed by atoms with E-state index in [0.717, 1.165) is 52.1 Å². The fourth-order valence-electron chi connectivity index (χ4n) is 4.27. The van der Waals surface area contributed by atoms with Crippen LogP contribution in [0.3, 0.4) is 0 Å². The molecule has 0 spiro atoms. The smallest absolute Gasteiger partial charge is 0.226 e. The Labute approximate surface area is 155 Å². The predicted molar refractivity (Wildman–Crippen MR) is 102 cm³/mol. The molecule has 0 aliphatic carbocycles. The molecule has 1 amide bonds. The molecule has 5 heteroatoms. The van der Waals surface area contributed by atoms with Gasteiger partial charge in [0.25, 0.3) is 0 Å². The number of aromatic nitrogens is 2. The van der Waals surface area contributed by atoms with Gasteiger partial charge in [-0.15, -0.1) is 0 Å². The first-order chi connectivity index (χ1) is 12.8. The van der Waals surface area contributed by atoms with Crippen molar-refractivity contribution < 1.29 is 4.79 Å². The van der Waals surface area contributed by atoms with Crippen LogP contribution in [0.25, 0.3) is 0 Å². The van der Waals surface area contributed by atoms with Crippen LogP contribution in [0.15, 0.2) is 42.7 Å². The molecule has 2 saturated heterocycles. The van der Waals surface area contributed by atoms with Crippen LogP contribution in [0, 0.1) is 5.92 Å². The highest BCUT2D eigenvalue weighted by Crippen LogP contribution is 2.23. The number of rotatable bonds is 5. The molecule has 2 aliphatic rings. The van der Waals surface area contributed by atoms with Crippen molar-refractivity contribution in [1.29, 1.82) is 0 Å². The largest absolute Gasteiger partial charge is 0.342 e. The normalized spacial score (nSPS) is 21.2. The molecule has 0 radical (unpaired) electrons. The Kier molecular flexibility index (Phi) is 5.34. The van der Waals surface area contributed by atoms with E-state index in [1.54, 1.807) is 0 Å². The minimum absolute atomic E-state index is 0.181. The van der Waals surface area contributed by atoms with Gasteiger partial charge in [0, 0.05) is 38.6 Å². The summed E-state index contributed by atoms with van der Waals surface area (Å²) in [6.45, 7) is 5.61. The summed E-state index contributed by atoms with van der Waals surface area (Å²) in [5.74, 6) is 0.567. The molecular formula is C21H28N4O. The lowest BCUT2D eigenvalue weighted by atomic mass is 9.95. The zero-order chi connectivity index (χ0) is 17.8. The van der Waals surface area contributed by atoms with Crippen molar-refractivity contribution in [3.8, 4) is 0 Å². The number of carbonyl (C=O) groups is 1. The van der Waals surface area contributed by atoms with Crippen molar-refractivity contribution in [2.75, 3.05) is 26.2 Å². The molecule has 0 saturated carbocycles. The molecule has 5 nitrogen and oxygen atoms in total. The van der Waals surface area contributed by atoms with Crippen LogP contribution < -0.4 is 0 Å². The highest BCUT2D eigenvalue weighted by atomic mass is 16.2. The fourth-order valence-corrected chi connectivity index (χ4v) is 4.27. The number of piperidine rings is 1. The lowest BCUT2D eigenvalue weighted by molar-refractivity contribution is -0.136. The van der Waals surface area contributed by atoms with E-state index in [1.165, 1.54) is 24.0 Å². The minimum atomic E-state index is 0.181. The van der Waals surface area contributed by atoms with Gasteiger partial charge in [-0.25, -0.2) is 0 Å². The average molecular weight is 352 g/mol. The SMILES string of the molecule is O=C([C@H]1CCCN(Cc2ccccc2Cn2cccn2)C1)N1CCCC1. The maximum atomic E-state index is 12.8. The topological polar surface area (TPSA) is 41.4 Å². The molecule has 2 aromatic rings. The van der Waals surface area contributed by atoms with Crippen molar-refractivity contribution in [3.63, 3.8) is 0 Å². The van der Waals surface area contributed by atoms with Crippen molar-refractivity contribution in [2.45, 2.75) is 38.8 Å². The molecule has 2 aliphatic heterocycles. The molecule has 1 atom stereocenters. The van der Waals surface area contributed by atoms with Crippen molar-refractivity contribution in [1.82, 2.24) is 19.6 Å². The van der Waals surface area contributed by atoms with E-state index in [0.29, 0.717) is 5.91 Å². The molecular weight excluding hydrogens is 324 g/mol. The Balaban J connectivity index is 1.41. The first-order valence-corrected chi connectivity index (χ1v) is 9.85. The summed E-state index contributed by atoms with van der Waals surface area (Å²) in [7, 11) is 0. The number of carbonyl (C=O) groups excluding carboxylic acids is 1. The molecule has 2 fully saturated rings. The van der Waals surface area contributed by atoms with Crippen LogP contribution in [0.5, 0.6) is 0 Å². The summed E-state index contributed by atoms with van der Waals surface area (Å²) in [6, 6.07) is 10.6. The molecule has 0 N–H and O–H groups in total. The van der Waals surface area contributed by atoms with Gasteiger partial charge in [0.15, 0.2) is 0 Å². The first-order valence-electron chi connectivity index (χ1n) is 9.85. The van der Waals surface area contributed by atoms with Crippen LogP contribution in [0.2, 0.25) is 0 Å². The second kappa shape index (κ2) is 8.04. The third kappa shape index (κ3) is 3.98. The van der Waals surface area contributed by atoms with Gasteiger partial charge in [-0.3, -0.25) is 14.4 Å². The zero-order valence-corrected chi connectivity index (χ0v) is 15.4. The van der Waals surface area contributed by atoms with Crippen LogP contribution in [0.4, 0.5) is 0 Å². The number of benzene rings is 1. The van der Waals surface area contributed by atoms with E-state index in [4.69, 9.17) is 0 Å². The van der Waals surface area contributed by atoms with E-state index in [-0.39, 0.29) is 5.92 Å². The summed E-state index contributed by atoms with van der Waals surface area (Å²) < 4.78 is 1.97. The Bertz CT molecular complexity index is 721. The van der Waals surface area contributed by atoms with E-state index >= 15 is 0 Å². The molecule has 3 heterocycles. The fraction of sp³-hybridized carbons (Fsp3) is 0.524. The number of hydrogen-bond donors (Lipinski definition) is 0. The van der Waals surface area contributed by atoms with Crippen molar-refractivity contribution in [2.24, 2.45) is 5.92 Å². The number of likely N-dealkylation sites (tertiary alicyclic amines) is 2. The predicted octanol–water partition coefficient (Wildman–Crippen LogP) is 2.77. The van der Waals surface area contributed by atoms with Crippen LogP contribution in [0.1, 0.15) is 36.8 Å². The van der Waals surface area contributed by atoms with Crippen molar-refractivity contribution in [3.05, 3.63) is 53.9 Å². The van der Waals surface area contributed by atoms with E-state index in [2.05, 4.69) is 39.2 Å². The van der Waals surface area contributed by atoms with Gasteiger partial charge in [0.05, 0.1) is 12.5 Å². The van der Waals surface area contributed by atoms with Gasteiger partial charge < -0.3 is 4.90 Å². The van der Waals surface area contributed by atoms with E-state index in [9.17, 15) is 4.79 Å². The number of nitrogens with zero attached hydrogens (tertiary/aromatic N) is 4. The van der Waals surface area contributed by atoms with Gasteiger partial charge in [0.2, 0.25) is 5.91 Å². The average Bonchev–Trinajstić information content (AvgIpc) is 3.37. The van der Waals surface area contributed by atoms with Gasteiger partial charge in [-0.2, -0.15) is 5.10 Å². The molecule has 0 unspecified atom stereocenters. The Hall–Kier alpha value is -2.14. The molecule has 26 heavy (non-hydrogen) atoms. The minimum Gasteiger partial charge on any atom is -0.342 e. The van der Waals surface area contributed by atoms with Crippen LogP contribution in [-0.2, 0) is 17.9 Å². The number of hydrogen-bond acceptors (Lipinski definition) is 3.